The van der Waals surface area contributed by atoms with Crippen LogP contribution in [0.4, 0.5) is 9.18 Å². The van der Waals surface area contributed by atoms with E-state index < -0.39 is 12.0 Å². The molecule has 0 spiro atoms. The Morgan fingerprint density at radius 1 is 1.37 bits per heavy atom. The van der Waals surface area contributed by atoms with Gasteiger partial charge in [0.1, 0.15) is 5.82 Å². The molecule has 0 aliphatic heterocycles. The second kappa shape index (κ2) is 7.78. The van der Waals surface area contributed by atoms with Crippen molar-refractivity contribution in [3.05, 3.63) is 35.6 Å². The van der Waals surface area contributed by atoms with Gasteiger partial charge in [0, 0.05) is 5.25 Å². The molecule has 0 saturated carbocycles. The molecule has 0 radical (unpaired) electrons. The first-order chi connectivity index (χ1) is 9.02. The first-order valence-corrected chi connectivity index (χ1v) is 6.91. The number of halogens is 1. The third-order valence-corrected chi connectivity index (χ3v) is 3.52. The molecule has 0 aromatic heterocycles. The maximum absolute atomic E-state index is 12.8. The van der Waals surface area contributed by atoms with E-state index in [0.717, 1.165) is 5.56 Å². The van der Waals surface area contributed by atoms with Crippen LogP contribution in [0.5, 0.6) is 0 Å². The number of ether oxygens (including phenoxy) is 1. The van der Waals surface area contributed by atoms with Crippen LogP contribution in [0.15, 0.2) is 24.3 Å². The molecular formula is C13H16FNO3S. The van der Waals surface area contributed by atoms with Gasteiger partial charge in [0.25, 0.3) is 0 Å². The van der Waals surface area contributed by atoms with Crippen LogP contribution < -0.4 is 5.32 Å². The number of thioether (sulfide) groups is 1. The van der Waals surface area contributed by atoms with Crippen LogP contribution in [0, 0.1) is 5.82 Å². The smallest absolute Gasteiger partial charge is 0.413 e. The molecule has 2 amide bonds. The lowest BCUT2D eigenvalue weighted by molar-refractivity contribution is -0.117. The van der Waals surface area contributed by atoms with Gasteiger partial charge in [-0.05, 0) is 31.5 Å². The lowest BCUT2D eigenvalue weighted by Gasteiger charge is -2.11. The zero-order valence-electron chi connectivity index (χ0n) is 10.8. The number of amides is 2. The van der Waals surface area contributed by atoms with Gasteiger partial charge < -0.3 is 4.74 Å². The monoisotopic (exact) mass is 285 g/mol. The van der Waals surface area contributed by atoms with Crippen molar-refractivity contribution in [1.29, 1.82) is 0 Å². The van der Waals surface area contributed by atoms with Gasteiger partial charge in [-0.25, -0.2) is 9.18 Å². The molecule has 4 nitrogen and oxygen atoms in total. The summed E-state index contributed by atoms with van der Waals surface area (Å²) in [7, 11) is 0. The Morgan fingerprint density at radius 2 is 2.00 bits per heavy atom. The van der Waals surface area contributed by atoms with Gasteiger partial charge in [-0.3, -0.25) is 10.1 Å². The highest BCUT2D eigenvalue weighted by atomic mass is 32.2. The molecule has 1 atom stereocenters. The molecule has 6 heteroatoms. The first kappa shape index (κ1) is 15.5. The molecule has 1 N–H and O–H groups in total. The van der Waals surface area contributed by atoms with Gasteiger partial charge >= 0.3 is 6.09 Å². The van der Waals surface area contributed by atoms with Crippen LogP contribution in [0.3, 0.4) is 0 Å². The Labute approximate surface area is 115 Å². The topological polar surface area (TPSA) is 55.4 Å². The number of nitrogens with one attached hydrogen (secondary N) is 1. The van der Waals surface area contributed by atoms with Gasteiger partial charge in [0.2, 0.25) is 5.91 Å². The summed E-state index contributed by atoms with van der Waals surface area (Å²) in [5, 5.41) is 2.15. The van der Waals surface area contributed by atoms with Crippen molar-refractivity contribution in [2.75, 3.05) is 12.4 Å². The quantitative estimate of drug-likeness (QED) is 0.903. The second-order valence-corrected chi connectivity index (χ2v) is 5.10. The second-order valence-electron chi connectivity index (χ2n) is 3.77. The highest BCUT2D eigenvalue weighted by molar-refractivity contribution is 8.00. The molecule has 0 unspecified atom stereocenters. The fraction of sp³-hybridized carbons (Fsp3) is 0.385. The Bertz CT molecular complexity index is 436. The molecular weight excluding hydrogens is 269 g/mol. The van der Waals surface area contributed by atoms with Crippen LogP contribution in [-0.2, 0) is 9.53 Å². The number of hydrogen-bond donors (Lipinski definition) is 1. The van der Waals surface area contributed by atoms with Crippen molar-refractivity contribution >= 4 is 23.8 Å². The van der Waals surface area contributed by atoms with Gasteiger partial charge in [-0.1, -0.05) is 12.1 Å². The minimum absolute atomic E-state index is 0.0357. The Balaban J connectivity index is 2.37. The SMILES string of the molecule is CCOC(=O)NC(=O)CS[C@@H](C)c1ccc(F)cc1. The van der Waals surface area contributed by atoms with Crippen molar-refractivity contribution in [3.8, 4) is 0 Å². The maximum atomic E-state index is 12.8. The van der Waals surface area contributed by atoms with E-state index in [4.69, 9.17) is 0 Å². The lowest BCUT2D eigenvalue weighted by Crippen LogP contribution is -2.32. The van der Waals surface area contributed by atoms with Crippen molar-refractivity contribution < 1.29 is 18.7 Å². The number of hydrogen-bond acceptors (Lipinski definition) is 4. The van der Waals surface area contributed by atoms with Crippen molar-refractivity contribution in [2.45, 2.75) is 19.1 Å². The number of alkyl carbamates (subject to hydrolysis) is 1. The summed E-state index contributed by atoms with van der Waals surface area (Å²) < 4.78 is 17.4. The largest absolute Gasteiger partial charge is 0.450 e. The number of benzene rings is 1. The highest BCUT2D eigenvalue weighted by Crippen LogP contribution is 2.27. The predicted molar refractivity (Wildman–Crippen MR) is 72.4 cm³/mol. The van der Waals surface area contributed by atoms with Crippen LogP contribution >= 0.6 is 11.8 Å². The van der Waals surface area contributed by atoms with Gasteiger partial charge in [-0.15, -0.1) is 11.8 Å². The zero-order valence-corrected chi connectivity index (χ0v) is 11.6. The first-order valence-electron chi connectivity index (χ1n) is 5.86. The van der Waals surface area contributed by atoms with Crippen molar-refractivity contribution in [3.63, 3.8) is 0 Å². The summed E-state index contributed by atoms with van der Waals surface area (Å²) >= 11 is 1.36. The van der Waals surface area contributed by atoms with E-state index in [-0.39, 0.29) is 23.4 Å². The van der Waals surface area contributed by atoms with E-state index >= 15 is 0 Å². The van der Waals surface area contributed by atoms with Crippen LogP contribution in [0.25, 0.3) is 0 Å². The molecule has 0 fully saturated rings. The molecule has 0 aliphatic rings. The third kappa shape index (κ3) is 5.74. The van der Waals surface area contributed by atoms with Crippen molar-refractivity contribution in [2.24, 2.45) is 0 Å². The van der Waals surface area contributed by atoms with Gasteiger partial charge in [0.15, 0.2) is 0 Å². The van der Waals surface area contributed by atoms with Gasteiger partial charge in [0.05, 0.1) is 12.4 Å². The number of carbonyl (C=O) groups excluding carboxylic acids is 2. The van der Waals surface area contributed by atoms with Crippen LogP contribution in [0.2, 0.25) is 0 Å². The maximum Gasteiger partial charge on any atom is 0.413 e. The van der Waals surface area contributed by atoms with E-state index in [1.807, 2.05) is 6.92 Å². The fourth-order valence-corrected chi connectivity index (χ4v) is 2.17. The summed E-state index contributed by atoms with van der Waals surface area (Å²) in [5.41, 5.74) is 0.926. The van der Waals surface area contributed by atoms with E-state index in [2.05, 4.69) is 10.1 Å². The summed E-state index contributed by atoms with van der Waals surface area (Å²) in [5.74, 6) is -0.560. The highest BCUT2D eigenvalue weighted by Gasteiger charge is 2.12. The normalized spacial score (nSPS) is 11.7. The van der Waals surface area contributed by atoms with E-state index in [1.54, 1.807) is 19.1 Å². The molecule has 19 heavy (non-hydrogen) atoms. The van der Waals surface area contributed by atoms with Crippen LogP contribution in [0.1, 0.15) is 24.7 Å². The van der Waals surface area contributed by atoms with Gasteiger partial charge in [-0.2, -0.15) is 0 Å². The molecule has 104 valence electrons. The average molecular weight is 285 g/mol. The van der Waals surface area contributed by atoms with Crippen molar-refractivity contribution in [1.82, 2.24) is 5.32 Å². The predicted octanol–water partition coefficient (Wildman–Crippen LogP) is 2.89. The summed E-state index contributed by atoms with van der Waals surface area (Å²) in [4.78, 5) is 22.4. The minimum atomic E-state index is -0.734. The molecule has 0 saturated heterocycles. The summed E-state index contributed by atoms with van der Waals surface area (Å²) in [6, 6.07) is 6.11. The molecule has 0 aliphatic carbocycles. The Hall–Kier alpha value is -1.56. The summed E-state index contributed by atoms with van der Waals surface area (Å²) in [6.45, 7) is 3.79. The zero-order chi connectivity index (χ0) is 14.3. The van der Waals surface area contributed by atoms with Crippen LogP contribution in [-0.4, -0.2) is 24.4 Å². The number of rotatable bonds is 5. The Kier molecular flexibility index (Phi) is 6.35. The molecule has 0 bridgehead atoms. The average Bonchev–Trinajstić information content (AvgIpc) is 2.37. The van der Waals surface area contributed by atoms with E-state index in [1.165, 1.54) is 23.9 Å². The molecule has 1 aromatic rings. The van der Waals surface area contributed by atoms with E-state index in [0.29, 0.717) is 0 Å². The Morgan fingerprint density at radius 3 is 2.58 bits per heavy atom. The fourth-order valence-electron chi connectivity index (χ4n) is 1.35. The summed E-state index contributed by atoms with van der Waals surface area (Å²) in [6.07, 6.45) is -0.734. The third-order valence-electron chi connectivity index (χ3n) is 2.32. The lowest BCUT2D eigenvalue weighted by atomic mass is 10.2. The number of imide groups is 1. The molecule has 1 rings (SSSR count). The minimum Gasteiger partial charge on any atom is -0.450 e. The number of carbonyl (C=O) groups is 2. The molecule has 0 heterocycles. The van der Waals surface area contributed by atoms with E-state index in [9.17, 15) is 14.0 Å². The molecule has 1 aromatic carbocycles. The standard InChI is InChI=1S/C13H16FNO3S/c1-3-18-13(17)15-12(16)8-19-9(2)10-4-6-11(14)7-5-10/h4-7,9H,3,8H2,1-2H3,(H,15,16,17)/t9-/m0/s1.